The summed E-state index contributed by atoms with van der Waals surface area (Å²) < 4.78 is 39.4. The highest BCUT2D eigenvalue weighted by molar-refractivity contribution is 5.92. The third-order valence-electron chi connectivity index (χ3n) is 3.93. The lowest BCUT2D eigenvalue weighted by molar-refractivity contribution is -0.137. The Morgan fingerprint density at radius 3 is 2.79 bits per heavy atom. The lowest BCUT2D eigenvalue weighted by atomic mass is 10.2. The molecule has 1 unspecified atom stereocenters. The van der Waals surface area contributed by atoms with E-state index in [1.54, 1.807) is 0 Å². The molecule has 3 rings (SSSR count). The Hall–Kier alpha value is -2.42. The van der Waals surface area contributed by atoms with Crippen molar-refractivity contribution in [3.63, 3.8) is 0 Å². The first-order valence-electron chi connectivity index (χ1n) is 7.49. The first-order chi connectivity index (χ1) is 11.4. The van der Waals surface area contributed by atoms with Gasteiger partial charge in [-0.05, 0) is 37.0 Å². The van der Waals surface area contributed by atoms with E-state index in [0.29, 0.717) is 12.5 Å². The Morgan fingerprint density at radius 2 is 2.17 bits per heavy atom. The molecule has 1 atom stereocenters. The predicted octanol–water partition coefficient (Wildman–Crippen LogP) is 1.75. The van der Waals surface area contributed by atoms with Gasteiger partial charge in [0, 0.05) is 12.6 Å². The summed E-state index contributed by atoms with van der Waals surface area (Å²) in [5.74, 6) is -0.0481. The summed E-state index contributed by atoms with van der Waals surface area (Å²) in [4.78, 5) is 12.2. The molecule has 0 aliphatic heterocycles. The van der Waals surface area contributed by atoms with Crippen molar-refractivity contribution in [3.05, 3.63) is 41.7 Å². The molecule has 1 fully saturated rings. The SMILES string of the molecule is NCC(NC(=O)c1cn(-c2cccc(C(F)(F)F)c2)nn1)C1CC1. The van der Waals surface area contributed by atoms with Crippen LogP contribution in [-0.2, 0) is 6.18 Å². The molecule has 1 aromatic heterocycles. The largest absolute Gasteiger partial charge is 0.416 e. The Balaban J connectivity index is 1.76. The van der Waals surface area contributed by atoms with Crippen molar-refractivity contribution in [1.82, 2.24) is 20.3 Å². The van der Waals surface area contributed by atoms with Crippen molar-refractivity contribution in [1.29, 1.82) is 0 Å². The van der Waals surface area contributed by atoms with Gasteiger partial charge in [-0.25, -0.2) is 4.68 Å². The van der Waals surface area contributed by atoms with Crippen molar-refractivity contribution in [2.45, 2.75) is 25.1 Å². The highest BCUT2D eigenvalue weighted by Gasteiger charge is 2.32. The highest BCUT2D eigenvalue weighted by Crippen LogP contribution is 2.32. The second kappa shape index (κ2) is 6.23. The molecular weight excluding hydrogens is 323 g/mol. The van der Waals surface area contributed by atoms with Crippen LogP contribution in [0.15, 0.2) is 30.5 Å². The number of hydrogen-bond donors (Lipinski definition) is 2. The first kappa shape index (κ1) is 16.4. The topological polar surface area (TPSA) is 85.8 Å². The monoisotopic (exact) mass is 339 g/mol. The van der Waals surface area contributed by atoms with Gasteiger partial charge in [0.1, 0.15) is 0 Å². The van der Waals surface area contributed by atoms with Crippen LogP contribution in [-0.4, -0.2) is 33.5 Å². The summed E-state index contributed by atoms with van der Waals surface area (Å²) in [6, 6.07) is 4.53. The van der Waals surface area contributed by atoms with Gasteiger partial charge in [0.2, 0.25) is 0 Å². The number of benzene rings is 1. The van der Waals surface area contributed by atoms with Crippen LogP contribution in [0.4, 0.5) is 13.2 Å². The normalized spacial score (nSPS) is 16.0. The molecule has 0 bridgehead atoms. The smallest absolute Gasteiger partial charge is 0.346 e. The molecule has 1 heterocycles. The number of hydrogen-bond acceptors (Lipinski definition) is 4. The fourth-order valence-electron chi connectivity index (χ4n) is 2.43. The number of carbonyl (C=O) groups excluding carboxylic acids is 1. The van der Waals surface area contributed by atoms with Crippen LogP contribution in [0.25, 0.3) is 5.69 Å². The fourth-order valence-corrected chi connectivity index (χ4v) is 2.43. The lowest BCUT2D eigenvalue weighted by Crippen LogP contribution is -2.41. The number of aromatic nitrogens is 3. The van der Waals surface area contributed by atoms with E-state index >= 15 is 0 Å². The van der Waals surface area contributed by atoms with E-state index in [1.165, 1.54) is 18.3 Å². The van der Waals surface area contributed by atoms with Gasteiger partial charge in [0.05, 0.1) is 17.4 Å². The summed E-state index contributed by atoms with van der Waals surface area (Å²) in [5.41, 5.74) is 5.05. The number of halogens is 3. The Labute approximate surface area is 135 Å². The molecule has 9 heteroatoms. The average molecular weight is 339 g/mol. The van der Waals surface area contributed by atoms with Crippen LogP contribution in [0.3, 0.4) is 0 Å². The zero-order chi connectivity index (χ0) is 17.3. The van der Waals surface area contributed by atoms with Crippen molar-refractivity contribution < 1.29 is 18.0 Å². The van der Waals surface area contributed by atoms with Gasteiger partial charge in [-0.15, -0.1) is 5.10 Å². The molecule has 0 radical (unpaired) electrons. The number of rotatable bonds is 5. The molecule has 128 valence electrons. The zero-order valence-corrected chi connectivity index (χ0v) is 12.6. The van der Waals surface area contributed by atoms with Crippen LogP contribution >= 0.6 is 0 Å². The van der Waals surface area contributed by atoms with E-state index in [9.17, 15) is 18.0 Å². The molecule has 1 aliphatic rings. The summed E-state index contributed by atoms with van der Waals surface area (Å²) in [7, 11) is 0. The zero-order valence-electron chi connectivity index (χ0n) is 12.6. The Morgan fingerprint density at radius 1 is 1.42 bits per heavy atom. The van der Waals surface area contributed by atoms with Crippen LogP contribution in [0.5, 0.6) is 0 Å². The third-order valence-corrected chi connectivity index (χ3v) is 3.93. The summed E-state index contributed by atoms with van der Waals surface area (Å²) in [5, 5.41) is 10.2. The van der Waals surface area contributed by atoms with Crippen LogP contribution < -0.4 is 11.1 Å². The molecule has 6 nitrogen and oxygen atoms in total. The predicted molar refractivity (Wildman–Crippen MR) is 79.4 cm³/mol. The number of carbonyl (C=O) groups is 1. The van der Waals surface area contributed by atoms with E-state index in [-0.39, 0.29) is 17.4 Å². The van der Waals surface area contributed by atoms with Crippen LogP contribution in [0.1, 0.15) is 28.9 Å². The van der Waals surface area contributed by atoms with Gasteiger partial charge < -0.3 is 11.1 Å². The number of nitrogens with two attached hydrogens (primary N) is 1. The number of alkyl halides is 3. The maximum absolute atomic E-state index is 12.8. The van der Waals surface area contributed by atoms with Gasteiger partial charge in [-0.2, -0.15) is 13.2 Å². The van der Waals surface area contributed by atoms with E-state index in [1.807, 2.05) is 0 Å². The third kappa shape index (κ3) is 3.56. The van der Waals surface area contributed by atoms with Gasteiger partial charge in [-0.1, -0.05) is 11.3 Å². The Bertz CT molecular complexity index is 739. The van der Waals surface area contributed by atoms with Gasteiger partial charge >= 0.3 is 6.18 Å². The molecule has 24 heavy (non-hydrogen) atoms. The average Bonchev–Trinajstić information content (AvgIpc) is 3.27. The molecule has 0 spiro atoms. The fraction of sp³-hybridized carbons (Fsp3) is 0.400. The minimum Gasteiger partial charge on any atom is -0.346 e. The van der Waals surface area contributed by atoms with Gasteiger partial charge in [0.25, 0.3) is 5.91 Å². The molecular formula is C15H16F3N5O. The maximum Gasteiger partial charge on any atom is 0.416 e. The molecule has 1 amide bonds. The Kier molecular flexibility index (Phi) is 4.27. The number of nitrogens with one attached hydrogen (secondary N) is 1. The van der Waals surface area contributed by atoms with Crippen LogP contribution in [0.2, 0.25) is 0 Å². The van der Waals surface area contributed by atoms with E-state index in [0.717, 1.165) is 29.7 Å². The van der Waals surface area contributed by atoms with Crippen molar-refractivity contribution in [2.24, 2.45) is 11.7 Å². The highest BCUT2D eigenvalue weighted by atomic mass is 19.4. The molecule has 0 saturated heterocycles. The molecule has 1 saturated carbocycles. The lowest BCUT2D eigenvalue weighted by Gasteiger charge is -2.14. The summed E-state index contributed by atoms with van der Waals surface area (Å²) >= 11 is 0. The number of nitrogens with zero attached hydrogens (tertiary/aromatic N) is 3. The van der Waals surface area contributed by atoms with Crippen molar-refractivity contribution in [3.8, 4) is 5.69 Å². The second-order valence-corrected chi connectivity index (χ2v) is 5.75. The first-order valence-corrected chi connectivity index (χ1v) is 7.49. The second-order valence-electron chi connectivity index (χ2n) is 5.75. The minimum absolute atomic E-state index is 0.0338. The number of amides is 1. The minimum atomic E-state index is -4.45. The summed E-state index contributed by atoms with van der Waals surface area (Å²) in [6.07, 6.45) is -1.10. The van der Waals surface area contributed by atoms with Crippen LogP contribution in [0, 0.1) is 5.92 Å². The maximum atomic E-state index is 12.8. The molecule has 3 N–H and O–H groups in total. The van der Waals surface area contributed by atoms with E-state index in [4.69, 9.17) is 5.73 Å². The van der Waals surface area contributed by atoms with E-state index < -0.39 is 17.6 Å². The molecule has 1 aromatic carbocycles. The molecule has 1 aliphatic carbocycles. The van der Waals surface area contributed by atoms with Crippen molar-refractivity contribution in [2.75, 3.05) is 6.54 Å². The van der Waals surface area contributed by atoms with Crippen molar-refractivity contribution >= 4 is 5.91 Å². The van der Waals surface area contributed by atoms with Gasteiger partial charge in [0.15, 0.2) is 5.69 Å². The standard InChI is InChI=1S/C15H16F3N5O/c16-15(17,18)10-2-1-3-11(6-10)23-8-13(21-22-23)14(24)20-12(7-19)9-4-5-9/h1-3,6,8-9,12H,4-5,7,19H2,(H,20,24). The quantitative estimate of drug-likeness (QED) is 0.869. The van der Waals surface area contributed by atoms with E-state index in [2.05, 4.69) is 15.6 Å². The summed E-state index contributed by atoms with van der Waals surface area (Å²) in [6.45, 7) is 0.332. The van der Waals surface area contributed by atoms with Gasteiger partial charge in [-0.3, -0.25) is 4.79 Å². The molecule has 2 aromatic rings.